The monoisotopic (exact) mass is 234 g/mol. The minimum absolute atomic E-state index is 0.0319. The molecule has 0 saturated heterocycles. The van der Waals surface area contributed by atoms with E-state index in [-0.39, 0.29) is 11.9 Å². The van der Waals surface area contributed by atoms with Crippen LogP contribution < -0.4 is 5.32 Å². The van der Waals surface area contributed by atoms with Crippen LogP contribution in [-0.4, -0.2) is 22.0 Å². The first kappa shape index (κ1) is 11.7. The molecule has 0 amide bonds. The van der Waals surface area contributed by atoms with Gasteiger partial charge in [0.1, 0.15) is 5.82 Å². The number of hydrogen-bond donors (Lipinski definition) is 1. The van der Waals surface area contributed by atoms with E-state index in [1.807, 2.05) is 21.0 Å². The first-order chi connectivity index (χ1) is 8.13. The Kier molecular flexibility index (Phi) is 3.19. The highest BCUT2D eigenvalue weighted by atomic mass is 19.1. The maximum atomic E-state index is 13.1. The highest BCUT2D eigenvalue weighted by Gasteiger charge is 2.18. The lowest BCUT2D eigenvalue weighted by atomic mass is 9.99. The molecule has 1 heterocycles. The second-order valence-corrected chi connectivity index (χ2v) is 4.01. The molecule has 0 bridgehead atoms. The normalized spacial score (nSPS) is 12.7. The van der Waals surface area contributed by atoms with E-state index >= 15 is 0 Å². The standard InChI is InChI=1S/C12H15FN4/c1-8-6-9(13)4-5-10(8)12(14-2)11-7-15-16-17(11)3/h4-7,12,14H,1-3H3. The summed E-state index contributed by atoms with van der Waals surface area (Å²) in [4.78, 5) is 0. The van der Waals surface area contributed by atoms with E-state index in [2.05, 4.69) is 15.6 Å². The van der Waals surface area contributed by atoms with Gasteiger partial charge in [0.15, 0.2) is 0 Å². The molecule has 2 aromatic rings. The summed E-state index contributed by atoms with van der Waals surface area (Å²) in [5.41, 5.74) is 2.88. The van der Waals surface area contributed by atoms with E-state index in [4.69, 9.17) is 0 Å². The van der Waals surface area contributed by atoms with Crippen molar-refractivity contribution < 1.29 is 4.39 Å². The minimum Gasteiger partial charge on any atom is -0.308 e. The fourth-order valence-corrected chi connectivity index (χ4v) is 1.98. The number of hydrogen-bond acceptors (Lipinski definition) is 3. The lowest BCUT2D eigenvalue weighted by molar-refractivity contribution is 0.590. The average Bonchev–Trinajstić information content (AvgIpc) is 2.69. The second kappa shape index (κ2) is 4.63. The number of rotatable bonds is 3. The van der Waals surface area contributed by atoms with Crippen molar-refractivity contribution in [3.63, 3.8) is 0 Å². The molecule has 1 N–H and O–H groups in total. The van der Waals surface area contributed by atoms with Gasteiger partial charge in [-0.25, -0.2) is 4.39 Å². The number of aryl methyl sites for hydroxylation is 2. The van der Waals surface area contributed by atoms with Crippen LogP contribution in [0.2, 0.25) is 0 Å². The SMILES string of the molecule is CNC(c1ccc(F)cc1C)c1cnnn1C. The number of aromatic nitrogens is 3. The summed E-state index contributed by atoms with van der Waals surface area (Å²) < 4.78 is 14.8. The first-order valence-corrected chi connectivity index (χ1v) is 5.41. The Labute approximate surface area is 99.5 Å². The summed E-state index contributed by atoms with van der Waals surface area (Å²) >= 11 is 0. The van der Waals surface area contributed by atoms with Crippen molar-refractivity contribution in [3.05, 3.63) is 47.0 Å². The van der Waals surface area contributed by atoms with Gasteiger partial charge in [-0.3, -0.25) is 4.68 Å². The average molecular weight is 234 g/mol. The van der Waals surface area contributed by atoms with Crippen molar-refractivity contribution in [1.82, 2.24) is 20.3 Å². The molecule has 0 saturated carbocycles. The molecule has 1 unspecified atom stereocenters. The topological polar surface area (TPSA) is 42.7 Å². The van der Waals surface area contributed by atoms with Gasteiger partial charge >= 0.3 is 0 Å². The summed E-state index contributed by atoms with van der Waals surface area (Å²) in [6, 6.07) is 4.76. The van der Waals surface area contributed by atoms with Crippen LogP contribution >= 0.6 is 0 Å². The fourth-order valence-electron chi connectivity index (χ4n) is 1.98. The molecule has 17 heavy (non-hydrogen) atoms. The van der Waals surface area contributed by atoms with E-state index in [9.17, 15) is 4.39 Å². The van der Waals surface area contributed by atoms with Crippen LogP contribution in [0.3, 0.4) is 0 Å². The molecule has 1 aromatic heterocycles. The molecule has 0 radical (unpaired) electrons. The number of nitrogens with one attached hydrogen (secondary N) is 1. The summed E-state index contributed by atoms with van der Waals surface area (Å²) in [7, 11) is 3.70. The van der Waals surface area contributed by atoms with Gasteiger partial charge in [-0.2, -0.15) is 0 Å². The Morgan fingerprint density at radius 3 is 2.71 bits per heavy atom. The molecular weight excluding hydrogens is 219 g/mol. The molecule has 1 atom stereocenters. The third-order valence-electron chi connectivity index (χ3n) is 2.88. The Morgan fingerprint density at radius 2 is 2.18 bits per heavy atom. The predicted molar refractivity (Wildman–Crippen MR) is 63.0 cm³/mol. The minimum atomic E-state index is -0.218. The Morgan fingerprint density at radius 1 is 1.41 bits per heavy atom. The zero-order valence-corrected chi connectivity index (χ0v) is 10.1. The van der Waals surface area contributed by atoms with Gasteiger partial charge in [-0.05, 0) is 37.2 Å². The van der Waals surface area contributed by atoms with Gasteiger partial charge in [-0.1, -0.05) is 11.3 Å². The highest BCUT2D eigenvalue weighted by Crippen LogP contribution is 2.24. The molecule has 2 rings (SSSR count). The van der Waals surface area contributed by atoms with E-state index in [1.54, 1.807) is 16.9 Å². The second-order valence-electron chi connectivity index (χ2n) is 4.01. The zero-order valence-electron chi connectivity index (χ0n) is 10.1. The van der Waals surface area contributed by atoms with Crippen molar-refractivity contribution >= 4 is 0 Å². The first-order valence-electron chi connectivity index (χ1n) is 5.41. The van der Waals surface area contributed by atoms with Crippen LogP contribution in [0.1, 0.15) is 22.9 Å². The van der Waals surface area contributed by atoms with Crippen molar-refractivity contribution in [2.24, 2.45) is 7.05 Å². The van der Waals surface area contributed by atoms with Gasteiger partial charge in [0, 0.05) is 7.05 Å². The van der Waals surface area contributed by atoms with E-state index < -0.39 is 0 Å². The summed E-state index contributed by atoms with van der Waals surface area (Å²) in [5.74, 6) is -0.218. The maximum absolute atomic E-state index is 13.1. The quantitative estimate of drug-likeness (QED) is 0.876. The summed E-state index contributed by atoms with van der Waals surface area (Å²) in [6.07, 6.45) is 1.71. The molecule has 0 fully saturated rings. The van der Waals surface area contributed by atoms with Gasteiger partial charge in [0.05, 0.1) is 17.9 Å². The summed E-state index contributed by atoms with van der Waals surface area (Å²) in [6.45, 7) is 1.90. The lowest BCUT2D eigenvalue weighted by Crippen LogP contribution is -2.21. The Bertz CT molecular complexity index is 521. The molecule has 0 spiro atoms. The molecule has 4 nitrogen and oxygen atoms in total. The molecular formula is C12H15FN4. The maximum Gasteiger partial charge on any atom is 0.123 e. The fraction of sp³-hybridized carbons (Fsp3) is 0.333. The van der Waals surface area contributed by atoms with Crippen LogP contribution in [-0.2, 0) is 7.05 Å². The number of benzene rings is 1. The molecule has 90 valence electrons. The van der Waals surface area contributed by atoms with E-state index in [0.29, 0.717) is 0 Å². The van der Waals surface area contributed by atoms with Crippen molar-refractivity contribution in [3.8, 4) is 0 Å². The van der Waals surface area contributed by atoms with Crippen LogP contribution in [0.5, 0.6) is 0 Å². The largest absolute Gasteiger partial charge is 0.308 e. The summed E-state index contributed by atoms with van der Waals surface area (Å²) in [5, 5.41) is 11.0. The highest BCUT2D eigenvalue weighted by molar-refractivity contribution is 5.34. The van der Waals surface area contributed by atoms with Crippen LogP contribution in [0.4, 0.5) is 4.39 Å². The van der Waals surface area contributed by atoms with Gasteiger partial charge in [-0.15, -0.1) is 5.10 Å². The smallest absolute Gasteiger partial charge is 0.123 e. The van der Waals surface area contributed by atoms with Crippen LogP contribution in [0, 0.1) is 12.7 Å². The Balaban J connectivity index is 2.46. The third kappa shape index (κ3) is 2.19. The van der Waals surface area contributed by atoms with Gasteiger partial charge in [0.25, 0.3) is 0 Å². The number of nitrogens with zero attached hydrogens (tertiary/aromatic N) is 3. The van der Waals surface area contributed by atoms with Crippen molar-refractivity contribution in [2.75, 3.05) is 7.05 Å². The number of halogens is 1. The van der Waals surface area contributed by atoms with E-state index in [1.165, 1.54) is 12.1 Å². The Hall–Kier alpha value is -1.75. The van der Waals surface area contributed by atoms with Gasteiger partial charge in [0.2, 0.25) is 0 Å². The third-order valence-corrected chi connectivity index (χ3v) is 2.88. The van der Waals surface area contributed by atoms with Crippen molar-refractivity contribution in [2.45, 2.75) is 13.0 Å². The molecule has 0 aliphatic rings. The molecule has 5 heteroatoms. The molecule has 0 aliphatic heterocycles. The molecule has 0 aliphatic carbocycles. The van der Waals surface area contributed by atoms with Crippen molar-refractivity contribution in [1.29, 1.82) is 0 Å². The predicted octanol–water partition coefficient (Wildman–Crippen LogP) is 1.57. The molecule has 1 aromatic carbocycles. The zero-order chi connectivity index (χ0) is 12.4. The van der Waals surface area contributed by atoms with Gasteiger partial charge < -0.3 is 5.32 Å². The lowest BCUT2D eigenvalue weighted by Gasteiger charge is -2.18. The van der Waals surface area contributed by atoms with E-state index in [0.717, 1.165) is 16.8 Å². The van der Waals surface area contributed by atoms with Crippen LogP contribution in [0.25, 0.3) is 0 Å². The van der Waals surface area contributed by atoms with Crippen LogP contribution in [0.15, 0.2) is 24.4 Å².